The third-order valence-electron chi connectivity index (χ3n) is 4.58. The highest BCUT2D eigenvalue weighted by Crippen LogP contribution is 2.25. The monoisotopic (exact) mass is 354 g/mol. The van der Waals surface area contributed by atoms with Crippen molar-refractivity contribution >= 4 is 0 Å². The molecular weight excluding hydrogens is 332 g/mol. The van der Waals surface area contributed by atoms with Crippen LogP contribution in [0.4, 0.5) is 0 Å². The first-order chi connectivity index (χ1) is 13.3. The second-order valence-electron chi connectivity index (χ2n) is 6.78. The molecule has 4 aromatic rings. The van der Waals surface area contributed by atoms with E-state index in [9.17, 15) is 0 Å². The van der Waals surface area contributed by atoms with Gasteiger partial charge < -0.3 is 4.42 Å². The van der Waals surface area contributed by atoms with Gasteiger partial charge in [0.05, 0.1) is 12.8 Å². The molecule has 0 amide bonds. The van der Waals surface area contributed by atoms with E-state index in [0.29, 0.717) is 0 Å². The average molecular weight is 354 g/mol. The second-order valence-corrected chi connectivity index (χ2v) is 6.78. The van der Waals surface area contributed by atoms with Crippen molar-refractivity contribution in [3.8, 4) is 22.3 Å². The zero-order valence-electron chi connectivity index (χ0n) is 15.4. The van der Waals surface area contributed by atoms with Crippen LogP contribution >= 0.6 is 0 Å². The van der Waals surface area contributed by atoms with Crippen molar-refractivity contribution < 1.29 is 4.42 Å². The summed E-state index contributed by atoms with van der Waals surface area (Å²) in [6.45, 7) is 1.60. The largest absolute Gasteiger partial charge is 0.468 e. The zero-order chi connectivity index (χ0) is 18.5. The van der Waals surface area contributed by atoms with Gasteiger partial charge in [-0.25, -0.2) is 0 Å². The standard InChI is InChI=1S/C24H22N2O/c1-26(18-24-8-5-13-27-24)17-19-14-23(16-25-15-19)22-11-9-21(10-12-22)20-6-3-2-4-7-20/h2-16H,17-18H2,1H3. The summed E-state index contributed by atoms with van der Waals surface area (Å²) in [6.07, 6.45) is 5.57. The molecule has 0 N–H and O–H groups in total. The lowest BCUT2D eigenvalue weighted by Crippen LogP contribution is -2.16. The second kappa shape index (κ2) is 8.02. The molecule has 2 heterocycles. The van der Waals surface area contributed by atoms with Gasteiger partial charge in [-0.2, -0.15) is 0 Å². The lowest BCUT2D eigenvalue weighted by molar-refractivity contribution is 0.287. The average Bonchev–Trinajstić information content (AvgIpc) is 3.22. The van der Waals surface area contributed by atoms with Crippen molar-refractivity contribution in [3.63, 3.8) is 0 Å². The number of furan rings is 1. The quantitative estimate of drug-likeness (QED) is 0.449. The summed E-state index contributed by atoms with van der Waals surface area (Å²) in [6, 6.07) is 25.2. The Morgan fingerprint density at radius 2 is 1.44 bits per heavy atom. The molecule has 27 heavy (non-hydrogen) atoms. The smallest absolute Gasteiger partial charge is 0.117 e. The third kappa shape index (κ3) is 4.33. The molecule has 0 aliphatic heterocycles. The van der Waals surface area contributed by atoms with Gasteiger partial charge in [0.25, 0.3) is 0 Å². The summed E-state index contributed by atoms with van der Waals surface area (Å²) in [4.78, 5) is 6.66. The Balaban J connectivity index is 1.48. The first-order valence-corrected chi connectivity index (χ1v) is 9.09. The van der Waals surface area contributed by atoms with Crippen molar-refractivity contribution in [2.45, 2.75) is 13.1 Å². The molecule has 0 aliphatic rings. The van der Waals surface area contributed by atoms with Crippen molar-refractivity contribution in [1.29, 1.82) is 0 Å². The minimum Gasteiger partial charge on any atom is -0.468 e. The first kappa shape index (κ1) is 17.3. The van der Waals surface area contributed by atoms with E-state index in [1.165, 1.54) is 22.3 Å². The molecule has 3 nitrogen and oxygen atoms in total. The fourth-order valence-electron chi connectivity index (χ4n) is 3.25. The van der Waals surface area contributed by atoms with Crippen molar-refractivity contribution in [1.82, 2.24) is 9.88 Å². The van der Waals surface area contributed by atoms with E-state index in [1.54, 1.807) is 6.26 Å². The van der Waals surface area contributed by atoms with E-state index in [2.05, 4.69) is 71.5 Å². The van der Waals surface area contributed by atoms with Gasteiger partial charge in [0.2, 0.25) is 0 Å². The van der Waals surface area contributed by atoms with Crippen LogP contribution in [0.5, 0.6) is 0 Å². The van der Waals surface area contributed by atoms with Crippen molar-refractivity contribution in [2.75, 3.05) is 7.05 Å². The Hall–Kier alpha value is -3.17. The number of rotatable bonds is 6. The van der Waals surface area contributed by atoms with E-state index in [-0.39, 0.29) is 0 Å². The number of hydrogen-bond acceptors (Lipinski definition) is 3. The Bertz CT molecular complexity index is 977. The van der Waals surface area contributed by atoms with Gasteiger partial charge in [0, 0.05) is 24.5 Å². The van der Waals surface area contributed by atoms with Gasteiger partial charge in [-0.3, -0.25) is 9.88 Å². The van der Waals surface area contributed by atoms with Crippen molar-refractivity contribution in [3.05, 3.63) is 103 Å². The molecule has 0 saturated heterocycles. The number of pyridine rings is 1. The van der Waals surface area contributed by atoms with Crippen LogP contribution in [0, 0.1) is 0 Å². The molecule has 134 valence electrons. The fraction of sp³-hybridized carbons (Fsp3) is 0.125. The molecule has 0 unspecified atom stereocenters. The maximum Gasteiger partial charge on any atom is 0.117 e. The molecule has 0 fully saturated rings. The number of benzene rings is 2. The summed E-state index contributed by atoms with van der Waals surface area (Å²) >= 11 is 0. The minimum atomic E-state index is 0.781. The minimum absolute atomic E-state index is 0.781. The van der Waals surface area contributed by atoms with E-state index < -0.39 is 0 Å². The fourth-order valence-corrected chi connectivity index (χ4v) is 3.25. The lowest BCUT2D eigenvalue weighted by Gasteiger charge is -2.15. The van der Waals surface area contributed by atoms with Gasteiger partial charge in [-0.15, -0.1) is 0 Å². The van der Waals surface area contributed by atoms with Gasteiger partial charge in [-0.05, 0) is 47.5 Å². The summed E-state index contributed by atoms with van der Waals surface area (Å²) < 4.78 is 5.43. The van der Waals surface area contributed by atoms with Crippen LogP contribution in [0.3, 0.4) is 0 Å². The van der Waals surface area contributed by atoms with E-state index >= 15 is 0 Å². The molecule has 0 saturated carbocycles. The Morgan fingerprint density at radius 1 is 0.741 bits per heavy atom. The molecule has 0 radical (unpaired) electrons. The van der Waals surface area contributed by atoms with Crippen LogP contribution in [0.1, 0.15) is 11.3 Å². The molecule has 0 bridgehead atoms. The molecule has 0 aliphatic carbocycles. The Labute approximate surface area is 159 Å². The van der Waals surface area contributed by atoms with Crippen LogP contribution < -0.4 is 0 Å². The molecule has 0 spiro atoms. The number of hydrogen-bond donors (Lipinski definition) is 0. The normalized spacial score (nSPS) is 11.0. The number of aromatic nitrogens is 1. The lowest BCUT2D eigenvalue weighted by atomic mass is 10.0. The highest BCUT2D eigenvalue weighted by molar-refractivity contribution is 5.70. The SMILES string of the molecule is CN(Cc1cncc(-c2ccc(-c3ccccc3)cc2)c1)Cc1ccco1. The Morgan fingerprint density at radius 3 is 2.15 bits per heavy atom. The molecule has 3 heteroatoms. The first-order valence-electron chi connectivity index (χ1n) is 9.09. The van der Waals surface area contributed by atoms with Crippen LogP contribution in [-0.4, -0.2) is 16.9 Å². The topological polar surface area (TPSA) is 29.3 Å². The summed E-state index contributed by atoms with van der Waals surface area (Å²) in [5, 5.41) is 0. The molecule has 0 atom stereocenters. The third-order valence-corrected chi connectivity index (χ3v) is 4.58. The van der Waals surface area contributed by atoms with Crippen molar-refractivity contribution in [2.24, 2.45) is 0 Å². The van der Waals surface area contributed by atoms with Crippen LogP contribution in [0.25, 0.3) is 22.3 Å². The highest BCUT2D eigenvalue weighted by atomic mass is 16.3. The molecule has 2 aromatic carbocycles. The van der Waals surface area contributed by atoms with Gasteiger partial charge in [0.15, 0.2) is 0 Å². The summed E-state index contributed by atoms with van der Waals surface area (Å²) in [7, 11) is 2.09. The van der Waals surface area contributed by atoms with E-state index in [4.69, 9.17) is 4.42 Å². The predicted molar refractivity (Wildman–Crippen MR) is 109 cm³/mol. The van der Waals surface area contributed by atoms with Gasteiger partial charge in [0.1, 0.15) is 5.76 Å². The zero-order valence-corrected chi connectivity index (χ0v) is 15.4. The summed E-state index contributed by atoms with van der Waals surface area (Å²) in [5.41, 5.74) is 5.96. The molecule has 4 rings (SSSR count). The van der Waals surface area contributed by atoms with Gasteiger partial charge in [-0.1, -0.05) is 54.6 Å². The van der Waals surface area contributed by atoms with E-state index in [1.807, 2.05) is 30.6 Å². The van der Waals surface area contributed by atoms with Crippen LogP contribution in [0.15, 0.2) is 95.9 Å². The number of nitrogens with zero attached hydrogens (tertiary/aromatic N) is 2. The molecule has 2 aromatic heterocycles. The predicted octanol–water partition coefficient (Wildman–Crippen LogP) is 5.64. The Kier molecular flexibility index (Phi) is 5.13. The molecular formula is C24H22N2O. The maximum atomic E-state index is 5.43. The van der Waals surface area contributed by atoms with Crippen LogP contribution in [-0.2, 0) is 13.1 Å². The van der Waals surface area contributed by atoms with Gasteiger partial charge >= 0.3 is 0 Å². The summed E-state index contributed by atoms with van der Waals surface area (Å²) in [5.74, 6) is 0.970. The van der Waals surface area contributed by atoms with Crippen LogP contribution in [0.2, 0.25) is 0 Å². The van der Waals surface area contributed by atoms with E-state index in [0.717, 1.165) is 24.4 Å². The highest BCUT2D eigenvalue weighted by Gasteiger charge is 2.06. The maximum absolute atomic E-state index is 5.43.